The second kappa shape index (κ2) is 6.51. The predicted molar refractivity (Wildman–Crippen MR) is 92.5 cm³/mol. The quantitative estimate of drug-likeness (QED) is 0.736. The molecule has 2 aromatic heterocycles. The second-order valence-corrected chi connectivity index (χ2v) is 6.44. The molecule has 1 saturated heterocycles. The Morgan fingerprint density at radius 2 is 2.08 bits per heavy atom. The third kappa shape index (κ3) is 3.17. The minimum absolute atomic E-state index is 0.0665. The van der Waals surface area contributed by atoms with Crippen LogP contribution in [0.3, 0.4) is 0 Å². The summed E-state index contributed by atoms with van der Waals surface area (Å²) in [5, 5.41) is 8.19. The molecule has 128 valence electrons. The number of carbonyl (C=O) groups excluding carboxylic acids is 1. The summed E-state index contributed by atoms with van der Waals surface area (Å²) in [5.41, 5.74) is 2.46. The first-order chi connectivity index (χ1) is 12.2. The van der Waals surface area contributed by atoms with Crippen LogP contribution in [0.4, 0.5) is 0 Å². The van der Waals surface area contributed by atoms with Gasteiger partial charge in [-0.15, -0.1) is 5.10 Å². The molecule has 4 rings (SSSR count). The lowest BCUT2D eigenvalue weighted by molar-refractivity contribution is 0.0673. The monoisotopic (exact) mass is 336 g/mol. The number of amides is 1. The number of carbonyl (C=O) groups is 1. The molecule has 0 radical (unpaired) electrons. The van der Waals surface area contributed by atoms with Crippen molar-refractivity contribution in [2.24, 2.45) is 0 Å². The molecule has 7 heteroatoms. The maximum atomic E-state index is 12.8. The molecular weight excluding hydrogens is 316 g/mol. The molecule has 0 N–H and O–H groups in total. The number of piperidine rings is 1. The van der Waals surface area contributed by atoms with Crippen LogP contribution in [0.2, 0.25) is 0 Å². The van der Waals surface area contributed by atoms with Crippen LogP contribution >= 0.6 is 0 Å². The van der Waals surface area contributed by atoms with Gasteiger partial charge in [0.05, 0.1) is 24.3 Å². The number of benzene rings is 1. The topological polar surface area (TPSA) is 68.8 Å². The average molecular weight is 336 g/mol. The fourth-order valence-corrected chi connectivity index (χ4v) is 3.22. The number of hydrogen-bond donors (Lipinski definition) is 0. The van der Waals surface area contributed by atoms with E-state index in [1.807, 2.05) is 48.6 Å². The van der Waals surface area contributed by atoms with E-state index in [4.69, 9.17) is 0 Å². The maximum absolute atomic E-state index is 12.8. The van der Waals surface area contributed by atoms with Crippen LogP contribution in [0.25, 0.3) is 5.69 Å². The van der Waals surface area contributed by atoms with Crippen LogP contribution in [-0.4, -0.2) is 48.4 Å². The van der Waals surface area contributed by atoms with Gasteiger partial charge < -0.3 is 9.47 Å². The summed E-state index contributed by atoms with van der Waals surface area (Å²) in [4.78, 5) is 18.8. The van der Waals surface area contributed by atoms with Gasteiger partial charge in [-0.3, -0.25) is 4.79 Å². The van der Waals surface area contributed by atoms with Crippen molar-refractivity contribution in [3.05, 3.63) is 60.4 Å². The summed E-state index contributed by atoms with van der Waals surface area (Å²) in [7, 11) is 0. The van der Waals surface area contributed by atoms with Gasteiger partial charge in [-0.05, 0) is 31.9 Å². The van der Waals surface area contributed by atoms with E-state index in [-0.39, 0.29) is 11.9 Å². The standard InChI is InChI=1S/C18H20N6O/c1-14-4-6-15(7-5-14)24-12-17(20-21-24)18(25)22-9-2-3-16(11-22)23-10-8-19-13-23/h4-8,10,12-13,16H,2-3,9,11H2,1H3/t16-/m0/s1. The lowest BCUT2D eigenvalue weighted by Crippen LogP contribution is -2.40. The summed E-state index contributed by atoms with van der Waals surface area (Å²) in [6.45, 7) is 3.46. The van der Waals surface area contributed by atoms with Gasteiger partial charge in [0.1, 0.15) is 0 Å². The van der Waals surface area contributed by atoms with E-state index in [0.29, 0.717) is 12.2 Å². The van der Waals surface area contributed by atoms with Gasteiger partial charge in [0, 0.05) is 25.5 Å². The number of imidazole rings is 1. The largest absolute Gasteiger partial charge is 0.335 e. The minimum Gasteiger partial charge on any atom is -0.335 e. The van der Waals surface area contributed by atoms with E-state index in [0.717, 1.165) is 25.1 Å². The van der Waals surface area contributed by atoms with Crippen LogP contribution in [0.5, 0.6) is 0 Å². The van der Waals surface area contributed by atoms with E-state index in [2.05, 4.69) is 19.9 Å². The smallest absolute Gasteiger partial charge is 0.276 e. The number of rotatable bonds is 3. The van der Waals surface area contributed by atoms with Crippen molar-refractivity contribution in [3.8, 4) is 5.69 Å². The van der Waals surface area contributed by atoms with Crippen LogP contribution in [-0.2, 0) is 0 Å². The fraction of sp³-hybridized carbons (Fsp3) is 0.333. The molecule has 25 heavy (non-hydrogen) atoms. The first-order valence-corrected chi connectivity index (χ1v) is 8.47. The highest BCUT2D eigenvalue weighted by Crippen LogP contribution is 2.22. The van der Waals surface area contributed by atoms with Crippen LogP contribution in [0.15, 0.2) is 49.2 Å². The molecule has 1 aliphatic rings. The van der Waals surface area contributed by atoms with E-state index in [1.165, 1.54) is 5.56 Å². The Balaban J connectivity index is 1.50. The van der Waals surface area contributed by atoms with Gasteiger partial charge in [0.2, 0.25) is 0 Å². The Labute approximate surface area is 145 Å². The molecule has 1 amide bonds. The number of nitrogens with zero attached hydrogens (tertiary/aromatic N) is 6. The third-order valence-electron chi connectivity index (χ3n) is 4.64. The van der Waals surface area contributed by atoms with Crippen molar-refractivity contribution in [1.82, 2.24) is 29.4 Å². The van der Waals surface area contributed by atoms with E-state index < -0.39 is 0 Å². The zero-order chi connectivity index (χ0) is 17.2. The summed E-state index contributed by atoms with van der Waals surface area (Å²) < 4.78 is 3.71. The van der Waals surface area contributed by atoms with Crippen molar-refractivity contribution >= 4 is 5.91 Å². The molecule has 0 saturated carbocycles. The first kappa shape index (κ1) is 15.6. The van der Waals surface area contributed by atoms with Gasteiger partial charge in [0.15, 0.2) is 5.69 Å². The number of hydrogen-bond acceptors (Lipinski definition) is 4. The van der Waals surface area contributed by atoms with Gasteiger partial charge in [-0.1, -0.05) is 22.9 Å². The van der Waals surface area contributed by atoms with Gasteiger partial charge in [-0.2, -0.15) is 0 Å². The first-order valence-electron chi connectivity index (χ1n) is 8.47. The Bertz CT molecular complexity index is 852. The molecule has 0 bridgehead atoms. The molecule has 0 aliphatic carbocycles. The zero-order valence-electron chi connectivity index (χ0n) is 14.1. The molecule has 0 unspecified atom stereocenters. The van der Waals surface area contributed by atoms with Gasteiger partial charge in [0.25, 0.3) is 5.91 Å². The highest BCUT2D eigenvalue weighted by atomic mass is 16.2. The number of aromatic nitrogens is 5. The van der Waals surface area contributed by atoms with Crippen molar-refractivity contribution < 1.29 is 4.79 Å². The van der Waals surface area contributed by atoms with Crippen molar-refractivity contribution in [1.29, 1.82) is 0 Å². The normalized spacial score (nSPS) is 17.6. The third-order valence-corrected chi connectivity index (χ3v) is 4.64. The molecule has 3 heterocycles. The predicted octanol–water partition coefficient (Wildman–Crippen LogP) is 2.25. The molecule has 3 aromatic rings. The fourth-order valence-electron chi connectivity index (χ4n) is 3.22. The molecule has 7 nitrogen and oxygen atoms in total. The summed E-state index contributed by atoms with van der Waals surface area (Å²) in [5.74, 6) is -0.0665. The van der Waals surface area contributed by atoms with E-state index in [1.54, 1.807) is 17.1 Å². The molecule has 1 aromatic carbocycles. The lowest BCUT2D eigenvalue weighted by Gasteiger charge is -2.32. The van der Waals surface area contributed by atoms with Crippen molar-refractivity contribution in [2.75, 3.05) is 13.1 Å². The van der Waals surface area contributed by atoms with E-state index in [9.17, 15) is 4.79 Å². The Hall–Kier alpha value is -2.96. The van der Waals surface area contributed by atoms with E-state index >= 15 is 0 Å². The maximum Gasteiger partial charge on any atom is 0.276 e. The Morgan fingerprint density at radius 1 is 1.24 bits per heavy atom. The summed E-state index contributed by atoms with van der Waals surface area (Å²) >= 11 is 0. The highest BCUT2D eigenvalue weighted by molar-refractivity contribution is 5.92. The number of aryl methyl sites for hydroxylation is 1. The van der Waals surface area contributed by atoms with Gasteiger partial charge in [-0.25, -0.2) is 9.67 Å². The second-order valence-electron chi connectivity index (χ2n) is 6.44. The van der Waals surface area contributed by atoms with Gasteiger partial charge >= 0.3 is 0 Å². The summed E-state index contributed by atoms with van der Waals surface area (Å²) in [6.07, 6.45) is 9.26. The highest BCUT2D eigenvalue weighted by Gasteiger charge is 2.26. The average Bonchev–Trinajstić information content (AvgIpc) is 3.34. The minimum atomic E-state index is -0.0665. The molecule has 1 fully saturated rings. The molecule has 1 atom stereocenters. The summed E-state index contributed by atoms with van der Waals surface area (Å²) in [6, 6.07) is 8.23. The Morgan fingerprint density at radius 3 is 2.84 bits per heavy atom. The van der Waals surface area contributed by atoms with Crippen LogP contribution in [0.1, 0.15) is 34.9 Å². The molecule has 1 aliphatic heterocycles. The molecular formula is C18H20N6O. The van der Waals surface area contributed by atoms with Crippen LogP contribution < -0.4 is 0 Å². The number of likely N-dealkylation sites (tertiary alicyclic amines) is 1. The SMILES string of the molecule is Cc1ccc(-n2cc(C(=O)N3CCC[C@H](n4ccnc4)C3)nn2)cc1. The molecule has 0 spiro atoms. The lowest BCUT2D eigenvalue weighted by atomic mass is 10.1. The van der Waals surface area contributed by atoms with Crippen molar-refractivity contribution in [2.45, 2.75) is 25.8 Å². The van der Waals surface area contributed by atoms with Crippen LogP contribution in [0, 0.1) is 6.92 Å². The van der Waals surface area contributed by atoms with Crippen molar-refractivity contribution in [3.63, 3.8) is 0 Å². The zero-order valence-corrected chi connectivity index (χ0v) is 14.1. The Kier molecular flexibility index (Phi) is 4.05.